The molecule has 0 fully saturated rings. The third-order valence-electron chi connectivity index (χ3n) is 3.11. The summed E-state index contributed by atoms with van der Waals surface area (Å²) in [4.78, 5) is 8.76. The summed E-state index contributed by atoms with van der Waals surface area (Å²) >= 11 is 0. The molecular weight excluding hydrogens is 272 g/mol. The van der Waals surface area contributed by atoms with Crippen LogP contribution in [0.1, 0.15) is 11.3 Å². The summed E-state index contributed by atoms with van der Waals surface area (Å²) in [6, 6.07) is 21.4. The Morgan fingerprint density at radius 2 is 1.77 bits per heavy atom. The Labute approximate surface area is 130 Å². The Morgan fingerprint density at radius 1 is 0.955 bits per heavy atom. The van der Waals surface area contributed by atoms with Crippen LogP contribution in [0.5, 0.6) is 11.5 Å². The van der Waals surface area contributed by atoms with E-state index in [4.69, 9.17) is 4.74 Å². The largest absolute Gasteiger partial charge is 0.455 e. The van der Waals surface area contributed by atoms with Crippen molar-refractivity contribution in [2.24, 2.45) is 4.99 Å². The van der Waals surface area contributed by atoms with Gasteiger partial charge in [-0.25, -0.2) is 0 Å². The number of rotatable bonds is 4. The molecule has 0 bridgehead atoms. The van der Waals surface area contributed by atoms with Gasteiger partial charge in [0.25, 0.3) is 0 Å². The molecule has 3 nitrogen and oxygen atoms in total. The van der Waals surface area contributed by atoms with Crippen molar-refractivity contribution in [2.75, 3.05) is 0 Å². The zero-order valence-corrected chi connectivity index (χ0v) is 12.3. The van der Waals surface area contributed by atoms with Crippen LogP contribution in [0, 0.1) is 6.92 Å². The fourth-order valence-electron chi connectivity index (χ4n) is 2.02. The van der Waals surface area contributed by atoms with E-state index in [1.54, 1.807) is 12.4 Å². The van der Waals surface area contributed by atoms with Crippen molar-refractivity contribution in [1.29, 1.82) is 0 Å². The highest BCUT2D eigenvalue weighted by Crippen LogP contribution is 2.32. The van der Waals surface area contributed by atoms with E-state index in [0.717, 1.165) is 28.4 Å². The molecule has 3 heteroatoms. The smallest absolute Gasteiger partial charge is 0.153 e. The number of ether oxygens (including phenoxy) is 1. The summed E-state index contributed by atoms with van der Waals surface area (Å²) in [5.41, 5.74) is 2.73. The van der Waals surface area contributed by atoms with E-state index in [9.17, 15) is 0 Å². The van der Waals surface area contributed by atoms with Crippen molar-refractivity contribution in [3.63, 3.8) is 0 Å². The standard InChI is InChI=1S/C19H16N2O/c1-15-10-11-19(22-17-8-3-2-4-9-17)18(13-15)21-14-16-7-5-6-12-20-16/h2-14H,1H3/b21-14+. The number of aromatic nitrogens is 1. The minimum Gasteiger partial charge on any atom is -0.455 e. The number of hydrogen-bond acceptors (Lipinski definition) is 3. The predicted molar refractivity (Wildman–Crippen MR) is 89.2 cm³/mol. The van der Waals surface area contributed by atoms with Gasteiger partial charge in [-0.15, -0.1) is 0 Å². The van der Waals surface area contributed by atoms with Gasteiger partial charge in [-0.1, -0.05) is 30.3 Å². The van der Waals surface area contributed by atoms with Gasteiger partial charge >= 0.3 is 0 Å². The highest BCUT2D eigenvalue weighted by atomic mass is 16.5. The average molecular weight is 288 g/mol. The van der Waals surface area contributed by atoms with E-state index < -0.39 is 0 Å². The fourth-order valence-corrected chi connectivity index (χ4v) is 2.02. The molecule has 0 amide bonds. The quantitative estimate of drug-likeness (QED) is 0.638. The summed E-state index contributed by atoms with van der Waals surface area (Å²) in [7, 11) is 0. The van der Waals surface area contributed by atoms with Crippen LogP contribution in [0.25, 0.3) is 0 Å². The van der Waals surface area contributed by atoms with Gasteiger partial charge in [0.05, 0.1) is 11.9 Å². The van der Waals surface area contributed by atoms with Gasteiger partial charge in [0.2, 0.25) is 0 Å². The number of pyridine rings is 1. The van der Waals surface area contributed by atoms with Crippen LogP contribution in [-0.4, -0.2) is 11.2 Å². The minimum absolute atomic E-state index is 0.726. The first-order chi connectivity index (χ1) is 10.8. The number of hydrogen-bond donors (Lipinski definition) is 0. The number of nitrogens with zero attached hydrogens (tertiary/aromatic N) is 2. The van der Waals surface area contributed by atoms with E-state index in [1.807, 2.05) is 73.7 Å². The topological polar surface area (TPSA) is 34.5 Å². The highest BCUT2D eigenvalue weighted by molar-refractivity contribution is 5.80. The predicted octanol–water partition coefficient (Wildman–Crippen LogP) is 4.93. The van der Waals surface area contributed by atoms with Crippen molar-refractivity contribution in [2.45, 2.75) is 6.92 Å². The van der Waals surface area contributed by atoms with Gasteiger partial charge in [0.1, 0.15) is 11.4 Å². The lowest BCUT2D eigenvalue weighted by Crippen LogP contribution is -1.87. The van der Waals surface area contributed by atoms with E-state index in [2.05, 4.69) is 9.98 Å². The maximum atomic E-state index is 5.92. The molecule has 22 heavy (non-hydrogen) atoms. The number of benzene rings is 2. The molecule has 0 spiro atoms. The van der Waals surface area contributed by atoms with Crippen LogP contribution in [0.15, 0.2) is 77.9 Å². The molecule has 0 radical (unpaired) electrons. The van der Waals surface area contributed by atoms with Crippen LogP contribution in [-0.2, 0) is 0 Å². The Bertz CT molecular complexity index is 768. The Morgan fingerprint density at radius 3 is 2.55 bits per heavy atom. The summed E-state index contributed by atoms with van der Waals surface area (Å²) in [6.07, 6.45) is 3.49. The Kier molecular flexibility index (Phi) is 4.25. The Hall–Kier alpha value is -2.94. The zero-order valence-electron chi connectivity index (χ0n) is 12.3. The molecular formula is C19H16N2O. The van der Waals surface area contributed by atoms with Gasteiger partial charge in [0.15, 0.2) is 5.75 Å². The molecule has 1 heterocycles. The summed E-state index contributed by atoms with van der Waals surface area (Å²) in [5, 5.41) is 0. The molecule has 0 atom stereocenters. The molecule has 0 aliphatic heterocycles. The second kappa shape index (κ2) is 6.68. The minimum atomic E-state index is 0.726. The van der Waals surface area contributed by atoms with Crippen molar-refractivity contribution in [1.82, 2.24) is 4.98 Å². The maximum absolute atomic E-state index is 5.92. The molecule has 0 saturated heterocycles. The SMILES string of the molecule is Cc1ccc(Oc2ccccc2)c(/N=C/c2ccccn2)c1. The zero-order chi connectivity index (χ0) is 15.2. The number of aliphatic imine (C=N–C) groups is 1. The second-order valence-corrected chi connectivity index (χ2v) is 4.90. The first kappa shape index (κ1) is 14.0. The molecule has 0 aliphatic carbocycles. The van der Waals surface area contributed by atoms with Gasteiger partial charge in [-0.3, -0.25) is 9.98 Å². The van der Waals surface area contributed by atoms with E-state index in [1.165, 1.54) is 0 Å². The number of para-hydroxylation sites is 1. The second-order valence-electron chi connectivity index (χ2n) is 4.90. The van der Waals surface area contributed by atoms with Crippen molar-refractivity contribution >= 4 is 11.9 Å². The van der Waals surface area contributed by atoms with Crippen LogP contribution in [0.4, 0.5) is 5.69 Å². The molecule has 0 unspecified atom stereocenters. The van der Waals surface area contributed by atoms with Crippen molar-refractivity contribution in [3.05, 3.63) is 84.2 Å². The molecule has 0 saturated carbocycles. The van der Waals surface area contributed by atoms with Crippen LogP contribution in [0.3, 0.4) is 0 Å². The molecule has 0 aliphatic rings. The van der Waals surface area contributed by atoms with Gasteiger partial charge in [-0.2, -0.15) is 0 Å². The lowest BCUT2D eigenvalue weighted by atomic mass is 10.2. The van der Waals surface area contributed by atoms with Gasteiger partial charge < -0.3 is 4.74 Å². The fraction of sp³-hybridized carbons (Fsp3) is 0.0526. The van der Waals surface area contributed by atoms with E-state index >= 15 is 0 Å². The van der Waals surface area contributed by atoms with Crippen LogP contribution >= 0.6 is 0 Å². The highest BCUT2D eigenvalue weighted by Gasteiger charge is 2.04. The monoisotopic (exact) mass is 288 g/mol. The molecule has 0 N–H and O–H groups in total. The van der Waals surface area contributed by atoms with E-state index in [-0.39, 0.29) is 0 Å². The number of aryl methyl sites for hydroxylation is 1. The van der Waals surface area contributed by atoms with Crippen molar-refractivity contribution in [3.8, 4) is 11.5 Å². The summed E-state index contributed by atoms with van der Waals surface area (Å²) in [6.45, 7) is 2.03. The lowest BCUT2D eigenvalue weighted by Gasteiger charge is -2.09. The summed E-state index contributed by atoms with van der Waals surface area (Å²) < 4.78 is 5.92. The summed E-state index contributed by atoms with van der Waals surface area (Å²) in [5.74, 6) is 1.52. The third kappa shape index (κ3) is 3.58. The Balaban J connectivity index is 1.89. The van der Waals surface area contributed by atoms with Crippen LogP contribution < -0.4 is 4.74 Å². The molecule has 2 aromatic carbocycles. The van der Waals surface area contributed by atoms with Crippen molar-refractivity contribution < 1.29 is 4.74 Å². The molecule has 108 valence electrons. The van der Waals surface area contributed by atoms with Gasteiger partial charge in [-0.05, 0) is 48.9 Å². The normalized spacial score (nSPS) is 10.8. The van der Waals surface area contributed by atoms with Crippen LogP contribution in [0.2, 0.25) is 0 Å². The third-order valence-corrected chi connectivity index (χ3v) is 3.11. The molecule has 1 aromatic heterocycles. The van der Waals surface area contributed by atoms with E-state index in [0.29, 0.717) is 0 Å². The average Bonchev–Trinajstić information content (AvgIpc) is 2.57. The maximum Gasteiger partial charge on any atom is 0.153 e. The lowest BCUT2D eigenvalue weighted by molar-refractivity contribution is 0.484. The molecule has 3 aromatic rings. The first-order valence-corrected chi connectivity index (χ1v) is 7.10. The van der Waals surface area contributed by atoms with Gasteiger partial charge in [0, 0.05) is 6.20 Å². The first-order valence-electron chi connectivity index (χ1n) is 7.10. The molecule has 3 rings (SSSR count).